The Labute approximate surface area is 106 Å². The van der Waals surface area contributed by atoms with Gasteiger partial charge in [-0.05, 0) is 53.9 Å². The summed E-state index contributed by atoms with van der Waals surface area (Å²) in [5.41, 5.74) is 5.49. The maximum atomic E-state index is 6.03. The summed E-state index contributed by atoms with van der Waals surface area (Å²) in [5, 5.41) is 0. The van der Waals surface area contributed by atoms with Crippen molar-refractivity contribution in [2.45, 2.75) is 38.7 Å². The molecule has 0 aliphatic heterocycles. The van der Waals surface area contributed by atoms with Gasteiger partial charge in [0.15, 0.2) is 0 Å². The number of halogens is 1. The predicted octanol–water partition coefficient (Wildman–Crippen LogP) is 3.13. The normalized spacial score (nSPS) is 11.5. The van der Waals surface area contributed by atoms with E-state index in [1.807, 2.05) is 12.1 Å². The summed E-state index contributed by atoms with van der Waals surface area (Å²) in [5.74, 6) is 0.806. The molecule has 0 aliphatic carbocycles. The van der Waals surface area contributed by atoms with Gasteiger partial charge in [-0.1, -0.05) is 13.8 Å². The van der Waals surface area contributed by atoms with Crippen LogP contribution in [0.3, 0.4) is 0 Å². The molecule has 1 rings (SSSR count). The minimum atomic E-state index is -0.149. The third kappa shape index (κ3) is 3.46. The average molecular weight is 287 g/mol. The van der Waals surface area contributed by atoms with Gasteiger partial charge in [0.2, 0.25) is 0 Å². The molecule has 0 saturated carbocycles. The van der Waals surface area contributed by atoms with Crippen LogP contribution in [-0.2, 0) is 0 Å². The summed E-state index contributed by atoms with van der Waals surface area (Å²) < 4.78 is 6.85. The van der Waals surface area contributed by atoms with Crippen LogP contribution in [0.1, 0.15) is 33.1 Å². The van der Waals surface area contributed by atoms with Gasteiger partial charge in [0.1, 0.15) is 16.0 Å². The number of hydrogen-bond acceptors (Lipinski definition) is 3. The van der Waals surface area contributed by atoms with Crippen LogP contribution in [0.15, 0.2) is 22.9 Å². The molecule has 0 aliphatic rings. The smallest absolute Gasteiger partial charge is 0.138 e. The molecular formula is C12H19BrN2O. The fourth-order valence-electron chi connectivity index (χ4n) is 1.73. The molecule has 0 spiro atoms. The summed E-state index contributed by atoms with van der Waals surface area (Å²) in [6, 6.07) is 3.81. The van der Waals surface area contributed by atoms with Crippen LogP contribution in [0.25, 0.3) is 0 Å². The van der Waals surface area contributed by atoms with Crippen LogP contribution >= 0.6 is 15.9 Å². The van der Waals surface area contributed by atoms with Crippen molar-refractivity contribution >= 4 is 15.9 Å². The summed E-state index contributed by atoms with van der Waals surface area (Å²) in [7, 11) is 0. The van der Waals surface area contributed by atoms with Crippen molar-refractivity contribution in [3.05, 3.63) is 22.9 Å². The fourth-order valence-corrected chi connectivity index (χ4v) is 1.97. The van der Waals surface area contributed by atoms with E-state index in [9.17, 15) is 0 Å². The lowest BCUT2D eigenvalue weighted by Gasteiger charge is -2.32. The van der Waals surface area contributed by atoms with Gasteiger partial charge in [-0.3, -0.25) is 0 Å². The highest BCUT2D eigenvalue weighted by molar-refractivity contribution is 9.10. The van der Waals surface area contributed by atoms with Crippen molar-refractivity contribution in [1.29, 1.82) is 0 Å². The first-order chi connectivity index (χ1) is 7.65. The number of pyridine rings is 1. The van der Waals surface area contributed by atoms with E-state index in [-0.39, 0.29) is 5.60 Å². The molecule has 0 atom stereocenters. The topological polar surface area (TPSA) is 48.1 Å². The van der Waals surface area contributed by atoms with Crippen molar-refractivity contribution < 1.29 is 4.74 Å². The minimum Gasteiger partial charge on any atom is -0.486 e. The number of nitrogens with zero attached hydrogens (tertiary/aromatic N) is 1. The standard InChI is InChI=1S/C12H19BrN2O/c1-3-12(4-2,7-8-14)16-10-5-6-11(13)15-9-10/h5-6,9H,3-4,7-8,14H2,1-2H3. The van der Waals surface area contributed by atoms with Crippen molar-refractivity contribution in [3.8, 4) is 5.75 Å². The number of rotatable bonds is 6. The van der Waals surface area contributed by atoms with Crippen molar-refractivity contribution in [3.63, 3.8) is 0 Å². The Kier molecular flexibility index (Phi) is 5.22. The second-order valence-electron chi connectivity index (χ2n) is 3.85. The maximum Gasteiger partial charge on any atom is 0.138 e. The number of nitrogens with two attached hydrogens (primary N) is 1. The molecule has 0 amide bonds. The highest BCUT2D eigenvalue weighted by atomic mass is 79.9. The third-order valence-electron chi connectivity index (χ3n) is 2.92. The van der Waals surface area contributed by atoms with Crippen LogP contribution in [-0.4, -0.2) is 17.1 Å². The first-order valence-corrected chi connectivity index (χ1v) is 6.45. The van der Waals surface area contributed by atoms with Gasteiger partial charge in [-0.25, -0.2) is 4.98 Å². The molecule has 1 aromatic heterocycles. The fraction of sp³-hybridized carbons (Fsp3) is 0.583. The monoisotopic (exact) mass is 286 g/mol. The Morgan fingerprint density at radius 2 is 2.06 bits per heavy atom. The first kappa shape index (κ1) is 13.5. The average Bonchev–Trinajstić information content (AvgIpc) is 2.31. The van der Waals surface area contributed by atoms with Gasteiger partial charge in [-0.2, -0.15) is 0 Å². The molecule has 0 bridgehead atoms. The van der Waals surface area contributed by atoms with Crippen molar-refractivity contribution in [1.82, 2.24) is 4.98 Å². The van der Waals surface area contributed by atoms with Gasteiger partial charge in [0.05, 0.1) is 6.20 Å². The van der Waals surface area contributed by atoms with E-state index in [0.717, 1.165) is 29.6 Å². The van der Waals surface area contributed by atoms with E-state index in [1.165, 1.54) is 0 Å². The molecule has 3 nitrogen and oxygen atoms in total. The van der Waals surface area contributed by atoms with Gasteiger partial charge in [0.25, 0.3) is 0 Å². The Morgan fingerprint density at radius 3 is 2.50 bits per heavy atom. The molecule has 4 heteroatoms. The molecule has 90 valence electrons. The molecule has 0 radical (unpaired) electrons. The maximum absolute atomic E-state index is 6.03. The number of hydrogen-bond donors (Lipinski definition) is 1. The molecule has 1 heterocycles. The lowest BCUT2D eigenvalue weighted by Crippen LogP contribution is -2.37. The van der Waals surface area contributed by atoms with Crippen LogP contribution in [0.5, 0.6) is 5.75 Å². The second-order valence-corrected chi connectivity index (χ2v) is 4.66. The SMILES string of the molecule is CCC(CC)(CCN)Oc1ccc(Br)nc1. The highest BCUT2D eigenvalue weighted by Crippen LogP contribution is 2.27. The zero-order chi connectivity index (χ0) is 12.0. The molecule has 1 aromatic rings. The van der Waals surface area contributed by atoms with E-state index >= 15 is 0 Å². The van der Waals surface area contributed by atoms with E-state index in [2.05, 4.69) is 34.8 Å². The Balaban J connectivity index is 2.78. The molecule has 2 N–H and O–H groups in total. The second kappa shape index (κ2) is 6.21. The highest BCUT2D eigenvalue weighted by Gasteiger charge is 2.27. The third-order valence-corrected chi connectivity index (χ3v) is 3.39. The van der Waals surface area contributed by atoms with Crippen LogP contribution < -0.4 is 10.5 Å². The Hall–Kier alpha value is -0.610. The molecular weight excluding hydrogens is 268 g/mol. The molecule has 0 unspecified atom stereocenters. The molecule has 0 saturated heterocycles. The van der Waals surface area contributed by atoms with Crippen LogP contribution in [0.4, 0.5) is 0 Å². The van der Waals surface area contributed by atoms with E-state index in [4.69, 9.17) is 10.5 Å². The number of ether oxygens (including phenoxy) is 1. The van der Waals surface area contributed by atoms with Crippen LogP contribution in [0, 0.1) is 0 Å². The van der Waals surface area contributed by atoms with Gasteiger partial charge in [0, 0.05) is 0 Å². The molecule has 0 aromatic carbocycles. The zero-order valence-electron chi connectivity index (χ0n) is 9.87. The summed E-state index contributed by atoms with van der Waals surface area (Å²) in [6.07, 6.45) is 4.52. The number of aromatic nitrogens is 1. The predicted molar refractivity (Wildman–Crippen MR) is 69.5 cm³/mol. The first-order valence-electron chi connectivity index (χ1n) is 5.66. The van der Waals surface area contributed by atoms with E-state index in [0.29, 0.717) is 6.54 Å². The lowest BCUT2D eigenvalue weighted by molar-refractivity contribution is 0.0532. The van der Waals surface area contributed by atoms with E-state index < -0.39 is 0 Å². The summed E-state index contributed by atoms with van der Waals surface area (Å²) in [6.45, 7) is 4.91. The zero-order valence-corrected chi connectivity index (χ0v) is 11.5. The van der Waals surface area contributed by atoms with Gasteiger partial charge in [-0.15, -0.1) is 0 Å². The molecule has 16 heavy (non-hydrogen) atoms. The van der Waals surface area contributed by atoms with Crippen molar-refractivity contribution in [2.24, 2.45) is 5.73 Å². The van der Waals surface area contributed by atoms with Crippen LogP contribution in [0.2, 0.25) is 0 Å². The summed E-state index contributed by atoms with van der Waals surface area (Å²) >= 11 is 3.30. The summed E-state index contributed by atoms with van der Waals surface area (Å²) in [4.78, 5) is 4.15. The van der Waals surface area contributed by atoms with E-state index in [1.54, 1.807) is 6.20 Å². The minimum absolute atomic E-state index is 0.149. The van der Waals surface area contributed by atoms with Gasteiger partial charge >= 0.3 is 0 Å². The Bertz CT molecular complexity index is 309. The quantitative estimate of drug-likeness (QED) is 0.818. The van der Waals surface area contributed by atoms with Gasteiger partial charge < -0.3 is 10.5 Å². The Morgan fingerprint density at radius 1 is 1.38 bits per heavy atom. The lowest BCUT2D eigenvalue weighted by atomic mass is 9.93. The van der Waals surface area contributed by atoms with Crippen molar-refractivity contribution in [2.75, 3.05) is 6.54 Å². The molecule has 0 fully saturated rings. The largest absolute Gasteiger partial charge is 0.486 e.